The van der Waals surface area contributed by atoms with E-state index in [0.29, 0.717) is 22.0 Å². The number of carbonyl (C=O) groups is 1. The lowest BCUT2D eigenvalue weighted by molar-refractivity contribution is -0.132. The first-order valence-corrected chi connectivity index (χ1v) is 7.14. The molecule has 1 aliphatic carbocycles. The summed E-state index contributed by atoms with van der Waals surface area (Å²) in [5, 5.41) is 0. The highest BCUT2D eigenvalue weighted by Gasteiger charge is 2.31. The van der Waals surface area contributed by atoms with Crippen molar-refractivity contribution in [3.8, 4) is 0 Å². The van der Waals surface area contributed by atoms with Crippen LogP contribution >= 0.6 is 22.6 Å². The summed E-state index contributed by atoms with van der Waals surface area (Å²) < 4.78 is 2.00. The van der Waals surface area contributed by atoms with Crippen LogP contribution in [-0.4, -0.2) is 32.9 Å². The molecule has 1 fully saturated rings. The molecular formula is C12H16IN3O2. The number of halogens is 1. The number of nitrogens with zero attached hydrogens (tertiary/aromatic N) is 3. The average Bonchev–Trinajstić information content (AvgIpc) is 3.15. The molecule has 0 radical (unpaired) electrons. The first-order chi connectivity index (χ1) is 8.54. The van der Waals surface area contributed by atoms with Gasteiger partial charge < -0.3 is 4.90 Å². The zero-order chi connectivity index (χ0) is 13.3. The van der Waals surface area contributed by atoms with Crippen LogP contribution < -0.4 is 5.56 Å². The van der Waals surface area contributed by atoms with Gasteiger partial charge in [-0.3, -0.25) is 14.2 Å². The van der Waals surface area contributed by atoms with Gasteiger partial charge in [-0.05, 0) is 49.3 Å². The maximum atomic E-state index is 12.2. The standard InChI is InChI=1S/C12H16IN3O2/c1-3-15(9-4-5-9)11(17)7-16-8(2)14-6-10(13)12(16)18/h6,9H,3-5,7H2,1-2H3. The fourth-order valence-corrected chi connectivity index (χ4v) is 2.42. The Balaban J connectivity index is 2.21. The molecule has 6 heteroatoms. The van der Waals surface area contributed by atoms with Crippen molar-refractivity contribution in [2.24, 2.45) is 0 Å². The Morgan fingerprint density at radius 1 is 1.61 bits per heavy atom. The number of likely N-dealkylation sites (N-methyl/N-ethyl adjacent to an activating group) is 1. The molecule has 2 rings (SSSR count). The van der Waals surface area contributed by atoms with Gasteiger partial charge in [0.15, 0.2) is 0 Å². The summed E-state index contributed by atoms with van der Waals surface area (Å²) in [5.41, 5.74) is -0.136. The number of carbonyl (C=O) groups excluding carboxylic acids is 1. The number of hydrogen-bond donors (Lipinski definition) is 0. The summed E-state index contributed by atoms with van der Waals surface area (Å²) in [6.07, 6.45) is 3.70. The molecule has 1 heterocycles. The van der Waals surface area contributed by atoms with Gasteiger partial charge in [-0.25, -0.2) is 4.98 Å². The zero-order valence-corrected chi connectivity index (χ0v) is 12.7. The van der Waals surface area contributed by atoms with Crippen LogP contribution in [0.2, 0.25) is 0 Å². The summed E-state index contributed by atoms with van der Waals surface area (Å²) in [6, 6.07) is 0.384. The third kappa shape index (κ3) is 2.73. The van der Waals surface area contributed by atoms with Crippen molar-refractivity contribution in [2.75, 3.05) is 6.54 Å². The molecule has 1 saturated carbocycles. The van der Waals surface area contributed by atoms with Gasteiger partial charge in [0, 0.05) is 18.8 Å². The van der Waals surface area contributed by atoms with Gasteiger partial charge >= 0.3 is 0 Å². The number of aromatic nitrogens is 2. The maximum absolute atomic E-state index is 12.2. The summed E-state index contributed by atoms with van der Waals surface area (Å²) in [6.45, 7) is 4.52. The molecule has 0 bridgehead atoms. The van der Waals surface area contributed by atoms with Crippen molar-refractivity contribution in [2.45, 2.75) is 39.3 Å². The second kappa shape index (κ2) is 5.38. The fourth-order valence-electron chi connectivity index (χ4n) is 1.99. The summed E-state index contributed by atoms with van der Waals surface area (Å²) in [5.74, 6) is 0.592. The lowest BCUT2D eigenvalue weighted by atomic mass is 10.4. The highest BCUT2D eigenvalue weighted by Crippen LogP contribution is 2.26. The molecule has 0 spiro atoms. The van der Waals surface area contributed by atoms with E-state index in [9.17, 15) is 9.59 Å². The first-order valence-electron chi connectivity index (χ1n) is 6.06. The van der Waals surface area contributed by atoms with E-state index < -0.39 is 0 Å². The molecule has 0 unspecified atom stereocenters. The topological polar surface area (TPSA) is 55.2 Å². The third-order valence-electron chi connectivity index (χ3n) is 3.15. The van der Waals surface area contributed by atoms with E-state index in [4.69, 9.17) is 0 Å². The van der Waals surface area contributed by atoms with E-state index in [0.717, 1.165) is 12.8 Å². The van der Waals surface area contributed by atoms with Gasteiger partial charge in [0.1, 0.15) is 12.4 Å². The normalized spacial score (nSPS) is 14.6. The minimum absolute atomic E-state index is 0.00833. The first kappa shape index (κ1) is 13.5. The molecule has 0 aliphatic heterocycles. The molecule has 0 saturated heterocycles. The van der Waals surface area contributed by atoms with Crippen LogP contribution in [0.1, 0.15) is 25.6 Å². The minimum Gasteiger partial charge on any atom is -0.338 e. The molecule has 18 heavy (non-hydrogen) atoms. The summed E-state index contributed by atoms with van der Waals surface area (Å²) in [4.78, 5) is 30.1. The van der Waals surface area contributed by atoms with Gasteiger partial charge in [-0.1, -0.05) is 0 Å². The Morgan fingerprint density at radius 2 is 2.28 bits per heavy atom. The Labute approximate surface area is 119 Å². The van der Waals surface area contributed by atoms with E-state index in [2.05, 4.69) is 4.98 Å². The SMILES string of the molecule is CCN(C(=O)Cn1c(C)ncc(I)c1=O)C1CC1. The number of aryl methyl sites for hydroxylation is 1. The number of rotatable bonds is 4. The largest absolute Gasteiger partial charge is 0.338 e. The van der Waals surface area contributed by atoms with Crippen LogP contribution in [-0.2, 0) is 11.3 Å². The third-order valence-corrected chi connectivity index (χ3v) is 3.89. The van der Waals surface area contributed by atoms with Crippen LogP contribution in [0.5, 0.6) is 0 Å². The van der Waals surface area contributed by atoms with Gasteiger partial charge in [-0.2, -0.15) is 0 Å². The van der Waals surface area contributed by atoms with Crippen molar-refractivity contribution in [3.05, 3.63) is 25.9 Å². The quantitative estimate of drug-likeness (QED) is 0.757. The lowest BCUT2D eigenvalue weighted by Crippen LogP contribution is -2.39. The zero-order valence-electron chi connectivity index (χ0n) is 10.5. The van der Waals surface area contributed by atoms with E-state index >= 15 is 0 Å². The summed E-state index contributed by atoms with van der Waals surface area (Å²) in [7, 11) is 0. The minimum atomic E-state index is -0.136. The highest BCUT2D eigenvalue weighted by molar-refractivity contribution is 14.1. The molecule has 0 atom stereocenters. The Hall–Kier alpha value is -0.920. The van der Waals surface area contributed by atoms with E-state index in [1.54, 1.807) is 6.92 Å². The molecule has 98 valence electrons. The molecule has 1 amide bonds. The van der Waals surface area contributed by atoms with E-state index in [1.807, 2.05) is 34.4 Å². The smallest absolute Gasteiger partial charge is 0.267 e. The summed E-state index contributed by atoms with van der Waals surface area (Å²) >= 11 is 1.95. The maximum Gasteiger partial charge on any atom is 0.267 e. The second-order valence-electron chi connectivity index (χ2n) is 4.46. The number of hydrogen-bond acceptors (Lipinski definition) is 3. The van der Waals surface area contributed by atoms with Crippen molar-refractivity contribution in [3.63, 3.8) is 0 Å². The average molecular weight is 361 g/mol. The highest BCUT2D eigenvalue weighted by atomic mass is 127. The Kier molecular flexibility index (Phi) is 4.04. The lowest BCUT2D eigenvalue weighted by Gasteiger charge is -2.21. The molecule has 1 aromatic heterocycles. The molecule has 1 aliphatic rings. The molecule has 1 aromatic rings. The molecular weight excluding hydrogens is 345 g/mol. The monoisotopic (exact) mass is 361 g/mol. The van der Waals surface area contributed by atoms with Crippen LogP contribution in [0.25, 0.3) is 0 Å². The van der Waals surface area contributed by atoms with Gasteiger partial charge in [0.25, 0.3) is 5.56 Å². The van der Waals surface area contributed by atoms with Crippen molar-refractivity contribution >= 4 is 28.5 Å². The molecule has 0 N–H and O–H groups in total. The van der Waals surface area contributed by atoms with Crippen molar-refractivity contribution in [1.29, 1.82) is 0 Å². The predicted octanol–water partition coefficient (Wildman–Crippen LogP) is 1.17. The Morgan fingerprint density at radius 3 is 2.83 bits per heavy atom. The van der Waals surface area contributed by atoms with Crippen LogP contribution in [0.3, 0.4) is 0 Å². The number of amides is 1. The van der Waals surface area contributed by atoms with Gasteiger partial charge in [0.2, 0.25) is 5.91 Å². The van der Waals surface area contributed by atoms with Crippen molar-refractivity contribution in [1.82, 2.24) is 14.5 Å². The molecule has 0 aromatic carbocycles. The molecule has 5 nitrogen and oxygen atoms in total. The predicted molar refractivity (Wildman–Crippen MR) is 76.4 cm³/mol. The van der Waals surface area contributed by atoms with Crippen LogP contribution in [0.4, 0.5) is 0 Å². The fraction of sp³-hybridized carbons (Fsp3) is 0.583. The second-order valence-corrected chi connectivity index (χ2v) is 5.62. The van der Waals surface area contributed by atoms with E-state index in [1.165, 1.54) is 10.8 Å². The Bertz CT molecular complexity index is 523. The van der Waals surface area contributed by atoms with Crippen LogP contribution in [0.15, 0.2) is 11.0 Å². The van der Waals surface area contributed by atoms with Crippen molar-refractivity contribution < 1.29 is 4.79 Å². The van der Waals surface area contributed by atoms with Gasteiger partial charge in [-0.15, -0.1) is 0 Å². The van der Waals surface area contributed by atoms with E-state index in [-0.39, 0.29) is 18.0 Å². The van der Waals surface area contributed by atoms with Gasteiger partial charge in [0.05, 0.1) is 3.57 Å². The van der Waals surface area contributed by atoms with Crippen LogP contribution in [0, 0.1) is 10.5 Å².